The molecule has 26 heavy (non-hydrogen) atoms. The molecule has 1 aromatic carbocycles. The first-order valence-electron chi connectivity index (χ1n) is 9.15. The van der Waals surface area contributed by atoms with Crippen molar-refractivity contribution in [3.8, 4) is 0 Å². The first kappa shape index (κ1) is 18.2. The number of nitrogens with two attached hydrogens (primary N) is 1. The number of nitrogens with zero attached hydrogens (tertiary/aromatic N) is 1. The maximum Gasteiger partial charge on any atom is 0.314 e. The lowest BCUT2D eigenvalue weighted by molar-refractivity contribution is -0.131. The Morgan fingerprint density at radius 1 is 1.19 bits per heavy atom. The standard InChI is InChI=1S/C19H26N4O3/c1-11-13(10-23(2)16(24)8-12-6-4-3-5-7-12)17-15(9-14(11)20)21-18(25)19(26)22-17/h9,12H,3-8,10,20H2,1-2H3,(H,21,25)(H,22,26). The topological polar surface area (TPSA) is 112 Å². The second-order valence-electron chi connectivity index (χ2n) is 7.36. The van der Waals surface area contributed by atoms with Crippen molar-refractivity contribution in [2.24, 2.45) is 5.92 Å². The lowest BCUT2D eigenvalue weighted by atomic mass is 9.86. The summed E-state index contributed by atoms with van der Waals surface area (Å²) in [7, 11) is 1.77. The molecule has 4 N–H and O–H groups in total. The van der Waals surface area contributed by atoms with Crippen LogP contribution in [0.25, 0.3) is 11.0 Å². The van der Waals surface area contributed by atoms with E-state index in [0.717, 1.165) is 24.0 Å². The summed E-state index contributed by atoms with van der Waals surface area (Å²) in [5.74, 6) is 0.562. The number of carbonyl (C=O) groups is 1. The summed E-state index contributed by atoms with van der Waals surface area (Å²) in [4.78, 5) is 42.8. The number of aromatic nitrogens is 2. The molecule has 3 rings (SSSR count). The summed E-state index contributed by atoms with van der Waals surface area (Å²) in [6.07, 6.45) is 6.47. The molecule has 0 aliphatic heterocycles. The third-order valence-electron chi connectivity index (χ3n) is 5.46. The predicted octanol–water partition coefficient (Wildman–Crippen LogP) is 2.04. The maximum absolute atomic E-state index is 12.6. The predicted molar refractivity (Wildman–Crippen MR) is 102 cm³/mol. The smallest absolute Gasteiger partial charge is 0.314 e. The average Bonchev–Trinajstić information content (AvgIpc) is 2.61. The van der Waals surface area contributed by atoms with E-state index in [-0.39, 0.29) is 5.91 Å². The van der Waals surface area contributed by atoms with Gasteiger partial charge in [0.2, 0.25) is 5.91 Å². The fraction of sp³-hybridized carbons (Fsp3) is 0.526. The normalized spacial score (nSPS) is 15.3. The Kier molecular flexibility index (Phi) is 5.15. The number of hydrogen-bond donors (Lipinski definition) is 3. The second-order valence-corrected chi connectivity index (χ2v) is 7.36. The monoisotopic (exact) mass is 358 g/mol. The van der Waals surface area contributed by atoms with Crippen LogP contribution >= 0.6 is 0 Å². The highest BCUT2D eigenvalue weighted by Gasteiger charge is 2.21. The molecule has 1 saturated carbocycles. The Hall–Kier alpha value is -2.57. The van der Waals surface area contributed by atoms with Crippen molar-refractivity contribution in [3.63, 3.8) is 0 Å². The van der Waals surface area contributed by atoms with Gasteiger partial charge in [-0.3, -0.25) is 14.4 Å². The Morgan fingerprint density at radius 3 is 2.54 bits per heavy atom. The van der Waals surface area contributed by atoms with E-state index in [0.29, 0.717) is 35.6 Å². The number of amides is 1. The van der Waals surface area contributed by atoms with Gasteiger partial charge in [0.1, 0.15) is 0 Å². The van der Waals surface area contributed by atoms with E-state index in [4.69, 9.17) is 5.73 Å². The number of aromatic amines is 2. The lowest BCUT2D eigenvalue weighted by Gasteiger charge is -2.25. The minimum absolute atomic E-state index is 0.0960. The number of rotatable bonds is 4. The molecule has 0 bridgehead atoms. The zero-order valence-electron chi connectivity index (χ0n) is 15.4. The first-order chi connectivity index (χ1) is 12.4. The van der Waals surface area contributed by atoms with Crippen molar-refractivity contribution in [1.29, 1.82) is 0 Å². The molecule has 7 nitrogen and oxygen atoms in total. The van der Waals surface area contributed by atoms with Gasteiger partial charge < -0.3 is 20.6 Å². The number of benzene rings is 1. The molecular weight excluding hydrogens is 332 g/mol. The number of H-pyrrole nitrogens is 2. The van der Waals surface area contributed by atoms with Crippen LogP contribution in [0.5, 0.6) is 0 Å². The summed E-state index contributed by atoms with van der Waals surface area (Å²) >= 11 is 0. The van der Waals surface area contributed by atoms with Gasteiger partial charge in [-0.2, -0.15) is 0 Å². The van der Waals surface area contributed by atoms with Gasteiger partial charge >= 0.3 is 11.1 Å². The molecule has 1 aromatic heterocycles. The molecule has 0 radical (unpaired) electrons. The van der Waals surface area contributed by atoms with E-state index in [1.165, 1.54) is 19.3 Å². The van der Waals surface area contributed by atoms with Crippen LogP contribution < -0.4 is 16.9 Å². The molecule has 0 saturated heterocycles. The summed E-state index contributed by atoms with van der Waals surface area (Å²) in [5, 5.41) is 0. The molecule has 140 valence electrons. The van der Waals surface area contributed by atoms with E-state index in [9.17, 15) is 14.4 Å². The Bertz CT molecular complexity index is 938. The van der Waals surface area contributed by atoms with Crippen LogP contribution in [0.15, 0.2) is 15.7 Å². The zero-order chi connectivity index (χ0) is 18.8. The van der Waals surface area contributed by atoms with E-state index in [1.54, 1.807) is 18.0 Å². The van der Waals surface area contributed by atoms with Crippen molar-refractivity contribution < 1.29 is 4.79 Å². The van der Waals surface area contributed by atoms with Crippen LogP contribution in [0.4, 0.5) is 5.69 Å². The Morgan fingerprint density at radius 2 is 1.85 bits per heavy atom. The van der Waals surface area contributed by atoms with Crippen LogP contribution in [-0.2, 0) is 11.3 Å². The van der Waals surface area contributed by atoms with Gasteiger partial charge in [0.05, 0.1) is 11.0 Å². The van der Waals surface area contributed by atoms with Crippen molar-refractivity contribution in [2.45, 2.75) is 52.0 Å². The summed E-state index contributed by atoms with van der Waals surface area (Å²) in [5.41, 5.74) is 7.71. The van der Waals surface area contributed by atoms with Crippen LogP contribution in [-0.4, -0.2) is 27.8 Å². The maximum atomic E-state index is 12.6. The first-order valence-corrected chi connectivity index (χ1v) is 9.15. The van der Waals surface area contributed by atoms with Gasteiger partial charge in [-0.1, -0.05) is 19.3 Å². The highest BCUT2D eigenvalue weighted by molar-refractivity contribution is 5.84. The number of nitrogen functional groups attached to an aromatic ring is 1. The molecule has 2 aromatic rings. The van der Waals surface area contributed by atoms with Crippen molar-refractivity contribution in [1.82, 2.24) is 14.9 Å². The molecule has 1 heterocycles. The van der Waals surface area contributed by atoms with Crippen LogP contribution in [0.1, 0.15) is 49.7 Å². The van der Waals surface area contributed by atoms with E-state index < -0.39 is 11.1 Å². The molecular formula is C19H26N4O3. The summed E-state index contributed by atoms with van der Waals surface area (Å²) in [6, 6.07) is 1.63. The van der Waals surface area contributed by atoms with Crippen LogP contribution in [0.3, 0.4) is 0 Å². The summed E-state index contributed by atoms with van der Waals surface area (Å²) in [6.45, 7) is 2.19. The minimum Gasteiger partial charge on any atom is -0.398 e. The number of fused-ring (bicyclic) bond motifs is 1. The van der Waals surface area contributed by atoms with Gasteiger partial charge in [-0.05, 0) is 37.3 Å². The molecule has 0 atom stereocenters. The van der Waals surface area contributed by atoms with Gasteiger partial charge in [0.15, 0.2) is 0 Å². The second kappa shape index (κ2) is 7.35. The van der Waals surface area contributed by atoms with E-state index in [1.807, 2.05) is 6.92 Å². The van der Waals surface area contributed by atoms with E-state index >= 15 is 0 Å². The Balaban J connectivity index is 1.88. The quantitative estimate of drug-likeness (QED) is 0.573. The van der Waals surface area contributed by atoms with E-state index in [2.05, 4.69) is 9.97 Å². The number of carbonyl (C=O) groups excluding carboxylic acids is 1. The van der Waals surface area contributed by atoms with Gasteiger partial charge in [0.25, 0.3) is 0 Å². The molecule has 1 fully saturated rings. The highest BCUT2D eigenvalue weighted by Crippen LogP contribution is 2.28. The lowest BCUT2D eigenvalue weighted by Crippen LogP contribution is -2.31. The van der Waals surface area contributed by atoms with Crippen molar-refractivity contribution in [2.75, 3.05) is 12.8 Å². The SMILES string of the molecule is Cc1c(N)cc2[nH]c(=O)c(=O)[nH]c2c1CN(C)C(=O)CC1CCCCC1. The van der Waals surface area contributed by atoms with Gasteiger partial charge in [-0.15, -0.1) is 0 Å². The zero-order valence-corrected chi connectivity index (χ0v) is 15.4. The summed E-state index contributed by atoms with van der Waals surface area (Å²) < 4.78 is 0. The van der Waals surface area contributed by atoms with Crippen LogP contribution in [0, 0.1) is 12.8 Å². The fourth-order valence-corrected chi connectivity index (χ4v) is 3.77. The van der Waals surface area contributed by atoms with Crippen LogP contribution in [0.2, 0.25) is 0 Å². The number of nitrogens with one attached hydrogen (secondary N) is 2. The third kappa shape index (κ3) is 3.66. The molecule has 1 aliphatic rings. The Labute approximate surface area is 151 Å². The molecule has 0 spiro atoms. The van der Waals surface area contributed by atoms with Gasteiger partial charge in [0, 0.05) is 31.3 Å². The largest absolute Gasteiger partial charge is 0.398 e. The molecule has 1 amide bonds. The minimum atomic E-state index is -0.714. The molecule has 0 unspecified atom stereocenters. The highest BCUT2D eigenvalue weighted by atomic mass is 16.2. The van der Waals surface area contributed by atoms with Crippen molar-refractivity contribution >= 4 is 22.6 Å². The van der Waals surface area contributed by atoms with Crippen molar-refractivity contribution in [3.05, 3.63) is 37.9 Å². The number of anilines is 1. The molecule has 7 heteroatoms. The number of hydrogen-bond acceptors (Lipinski definition) is 4. The average molecular weight is 358 g/mol. The van der Waals surface area contributed by atoms with Gasteiger partial charge in [-0.25, -0.2) is 0 Å². The molecule has 1 aliphatic carbocycles. The fourth-order valence-electron chi connectivity index (χ4n) is 3.77. The third-order valence-corrected chi connectivity index (χ3v) is 5.46.